The topological polar surface area (TPSA) is 104 Å². The van der Waals surface area contributed by atoms with Crippen LogP contribution in [0.15, 0.2) is 29.2 Å². The summed E-state index contributed by atoms with van der Waals surface area (Å²) in [5.74, 6) is -0.772. The fraction of sp³-hybridized carbons (Fsp3) is 0.529. The van der Waals surface area contributed by atoms with Crippen molar-refractivity contribution in [1.29, 1.82) is 0 Å². The number of likely N-dealkylation sites (tertiary alicyclic amines) is 1. The number of amides is 2. The molecule has 1 heterocycles. The molecular formula is C17H22N2O5S. The maximum atomic E-state index is 12.4. The first kappa shape index (κ1) is 17.7. The monoisotopic (exact) mass is 366 g/mol. The molecule has 1 saturated carbocycles. The van der Waals surface area contributed by atoms with Gasteiger partial charge in [0.05, 0.1) is 10.3 Å². The quantitative estimate of drug-likeness (QED) is 0.840. The number of hydrogen-bond donors (Lipinski definition) is 2. The molecule has 2 aliphatic rings. The number of carboxylic acid groups (broad SMARTS) is 1. The lowest BCUT2D eigenvalue weighted by atomic mass is 9.81. The first-order valence-corrected chi connectivity index (χ1v) is 10.2. The van der Waals surface area contributed by atoms with Gasteiger partial charge >= 0.3 is 12.0 Å². The van der Waals surface area contributed by atoms with Crippen molar-refractivity contribution in [2.24, 2.45) is 11.3 Å². The van der Waals surface area contributed by atoms with Crippen LogP contribution < -0.4 is 5.32 Å². The van der Waals surface area contributed by atoms with Crippen molar-refractivity contribution in [3.63, 3.8) is 0 Å². The Morgan fingerprint density at radius 3 is 2.56 bits per heavy atom. The van der Waals surface area contributed by atoms with Crippen LogP contribution in [-0.2, 0) is 21.2 Å². The van der Waals surface area contributed by atoms with Gasteiger partial charge in [-0.1, -0.05) is 18.6 Å². The molecule has 1 saturated heterocycles. The zero-order chi connectivity index (χ0) is 18.2. The molecule has 2 atom stereocenters. The molecule has 0 unspecified atom stereocenters. The van der Waals surface area contributed by atoms with E-state index in [4.69, 9.17) is 0 Å². The van der Waals surface area contributed by atoms with E-state index in [1.807, 2.05) is 0 Å². The van der Waals surface area contributed by atoms with E-state index in [9.17, 15) is 23.1 Å². The number of rotatable bonds is 4. The second-order valence-corrected chi connectivity index (χ2v) is 9.02. The van der Waals surface area contributed by atoms with Crippen LogP contribution in [0.4, 0.5) is 4.79 Å². The Morgan fingerprint density at radius 1 is 1.32 bits per heavy atom. The highest BCUT2D eigenvalue weighted by atomic mass is 32.2. The van der Waals surface area contributed by atoms with Gasteiger partial charge in [0.2, 0.25) is 0 Å². The lowest BCUT2D eigenvalue weighted by Crippen LogP contribution is -2.41. The highest BCUT2D eigenvalue weighted by molar-refractivity contribution is 7.90. The fourth-order valence-corrected chi connectivity index (χ4v) is 4.57. The van der Waals surface area contributed by atoms with Gasteiger partial charge in [0, 0.05) is 25.9 Å². The number of sulfone groups is 1. The predicted octanol–water partition coefficient (Wildman–Crippen LogP) is 1.49. The minimum atomic E-state index is -3.24. The number of urea groups is 1. The van der Waals surface area contributed by atoms with E-state index in [2.05, 4.69) is 5.32 Å². The van der Waals surface area contributed by atoms with Crippen molar-refractivity contribution in [3.8, 4) is 0 Å². The molecule has 0 aromatic heterocycles. The van der Waals surface area contributed by atoms with E-state index in [0.29, 0.717) is 13.0 Å². The number of carbonyl (C=O) groups is 2. The van der Waals surface area contributed by atoms with Crippen LogP contribution in [-0.4, -0.2) is 49.8 Å². The molecule has 0 bridgehead atoms. The number of aliphatic carboxylic acids is 1. The number of nitrogens with one attached hydrogen (secondary N) is 1. The van der Waals surface area contributed by atoms with Crippen molar-refractivity contribution in [1.82, 2.24) is 10.2 Å². The summed E-state index contributed by atoms with van der Waals surface area (Å²) in [6.07, 6.45) is 3.53. The number of carboxylic acids is 1. The van der Waals surface area contributed by atoms with Crippen molar-refractivity contribution >= 4 is 21.8 Å². The van der Waals surface area contributed by atoms with Gasteiger partial charge < -0.3 is 15.3 Å². The van der Waals surface area contributed by atoms with Crippen LogP contribution in [0, 0.1) is 11.3 Å². The largest absolute Gasteiger partial charge is 0.481 e. The number of fused-ring (bicyclic) bond motifs is 1. The summed E-state index contributed by atoms with van der Waals surface area (Å²) in [7, 11) is -3.24. The second-order valence-electron chi connectivity index (χ2n) is 7.01. The summed E-state index contributed by atoms with van der Waals surface area (Å²) in [4.78, 5) is 25.8. The summed E-state index contributed by atoms with van der Waals surface area (Å²) >= 11 is 0. The smallest absolute Gasteiger partial charge is 0.317 e. The standard InChI is InChI=1S/C17H22N2O5S/c1-25(23,24)14-6-4-12(5-7-14)9-18-16(22)19-10-13-3-2-8-17(13,11-19)15(20)21/h4-7,13H,2-3,8-11H2,1H3,(H,18,22)(H,20,21)/t13-,17+/m0/s1. The molecule has 0 radical (unpaired) electrons. The second kappa shape index (κ2) is 6.33. The molecule has 136 valence electrons. The molecular weight excluding hydrogens is 344 g/mol. The molecule has 1 aliphatic carbocycles. The zero-order valence-electron chi connectivity index (χ0n) is 14.1. The van der Waals surface area contributed by atoms with Crippen LogP contribution in [0.3, 0.4) is 0 Å². The Balaban J connectivity index is 1.60. The summed E-state index contributed by atoms with van der Waals surface area (Å²) in [5, 5.41) is 12.4. The summed E-state index contributed by atoms with van der Waals surface area (Å²) < 4.78 is 22.9. The third-order valence-electron chi connectivity index (χ3n) is 5.38. The molecule has 0 spiro atoms. The van der Waals surface area contributed by atoms with Crippen molar-refractivity contribution in [2.45, 2.75) is 30.7 Å². The average molecular weight is 366 g/mol. The van der Waals surface area contributed by atoms with E-state index in [1.165, 1.54) is 12.1 Å². The Bertz CT molecular complexity index is 790. The molecule has 2 amide bonds. The van der Waals surface area contributed by atoms with Crippen molar-refractivity contribution in [2.75, 3.05) is 19.3 Å². The Morgan fingerprint density at radius 2 is 2.00 bits per heavy atom. The van der Waals surface area contributed by atoms with Crippen molar-refractivity contribution in [3.05, 3.63) is 29.8 Å². The minimum Gasteiger partial charge on any atom is -0.481 e. The SMILES string of the molecule is CS(=O)(=O)c1ccc(CNC(=O)N2C[C@@H]3CCC[C@@]3(C(=O)O)C2)cc1. The Labute approximate surface area is 146 Å². The predicted molar refractivity (Wildman–Crippen MR) is 90.8 cm³/mol. The van der Waals surface area contributed by atoms with Gasteiger partial charge in [-0.05, 0) is 36.5 Å². The van der Waals surface area contributed by atoms with Crippen molar-refractivity contribution < 1.29 is 23.1 Å². The number of hydrogen-bond acceptors (Lipinski definition) is 4. The highest BCUT2D eigenvalue weighted by Crippen LogP contribution is 2.48. The number of benzene rings is 1. The lowest BCUT2D eigenvalue weighted by molar-refractivity contribution is -0.149. The van der Waals surface area contributed by atoms with Crippen LogP contribution in [0.2, 0.25) is 0 Å². The van der Waals surface area contributed by atoms with Crippen LogP contribution in [0.5, 0.6) is 0 Å². The molecule has 1 aliphatic heterocycles. The van der Waals surface area contributed by atoms with Gasteiger partial charge in [0.1, 0.15) is 0 Å². The highest BCUT2D eigenvalue weighted by Gasteiger charge is 2.55. The first-order chi connectivity index (χ1) is 11.7. The molecule has 2 N–H and O–H groups in total. The molecule has 2 fully saturated rings. The third kappa shape index (κ3) is 3.35. The average Bonchev–Trinajstić information content (AvgIpc) is 3.10. The first-order valence-electron chi connectivity index (χ1n) is 8.27. The third-order valence-corrected chi connectivity index (χ3v) is 6.51. The van der Waals surface area contributed by atoms with Crippen LogP contribution >= 0.6 is 0 Å². The van der Waals surface area contributed by atoms with E-state index in [1.54, 1.807) is 17.0 Å². The van der Waals surface area contributed by atoms with Gasteiger partial charge in [-0.3, -0.25) is 4.79 Å². The van der Waals surface area contributed by atoms with Gasteiger partial charge in [-0.25, -0.2) is 13.2 Å². The fourth-order valence-electron chi connectivity index (χ4n) is 3.94. The zero-order valence-corrected chi connectivity index (χ0v) is 14.9. The van der Waals surface area contributed by atoms with E-state index < -0.39 is 21.2 Å². The van der Waals surface area contributed by atoms with Crippen LogP contribution in [0.1, 0.15) is 24.8 Å². The summed E-state index contributed by atoms with van der Waals surface area (Å²) in [5.41, 5.74) is 0.00201. The Kier molecular flexibility index (Phi) is 4.49. The number of carbonyl (C=O) groups excluding carboxylic acids is 1. The van der Waals surface area contributed by atoms with E-state index >= 15 is 0 Å². The van der Waals surface area contributed by atoms with Gasteiger partial charge in [-0.15, -0.1) is 0 Å². The van der Waals surface area contributed by atoms with Gasteiger partial charge in [-0.2, -0.15) is 0 Å². The normalized spacial score (nSPS) is 25.6. The molecule has 7 nitrogen and oxygen atoms in total. The van der Waals surface area contributed by atoms with Gasteiger partial charge in [0.25, 0.3) is 0 Å². The number of nitrogens with zero attached hydrogens (tertiary/aromatic N) is 1. The molecule has 25 heavy (non-hydrogen) atoms. The maximum absolute atomic E-state index is 12.4. The van der Waals surface area contributed by atoms with Gasteiger partial charge in [0.15, 0.2) is 9.84 Å². The maximum Gasteiger partial charge on any atom is 0.317 e. The van der Waals surface area contributed by atoms with E-state index in [-0.39, 0.29) is 29.9 Å². The molecule has 3 rings (SSSR count). The van der Waals surface area contributed by atoms with E-state index in [0.717, 1.165) is 24.7 Å². The minimum absolute atomic E-state index is 0.0322. The molecule has 1 aromatic carbocycles. The molecule has 1 aromatic rings. The molecule has 8 heteroatoms. The Hall–Kier alpha value is -2.09. The summed E-state index contributed by atoms with van der Waals surface area (Å²) in [6, 6.07) is 6.07. The summed E-state index contributed by atoms with van der Waals surface area (Å²) in [6.45, 7) is 1.00. The lowest BCUT2D eigenvalue weighted by Gasteiger charge is -2.23. The van der Waals surface area contributed by atoms with Crippen LogP contribution in [0.25, 0.3) is 0 Å².